The quantitative estimate of drug-likeness (QED) is 0.835. The highest BCUT2D eigenvalue weighted by Gasteiger charge is 2.57. The van der Waals surface area contributed by atoms with E-state index in [-0.39, 0.29) is 6.10 Å². The van der Waals surface area contributed by atoms with Crippen LogP contribution >= 0.6 is 0 Å². The number of piperidine rings is 1. The number of hydrogen-bond donors (Lipinski definition) is 2. The Morgan fingerprint density at radius 2 is 2.26 bits per heavy atom. The van der Waals surface area contributed by atoms with Gasteiger partial charge in [0, 0.05) is 18.5 Å². The number of hydrogen-bond acceptors (Lipinski definition) is 4. The Kier molecular flexibility index (Phi) is 4.50. The van der Waals surface area contributed by atoms with Crippen molar-refractivity contribution in [3.8, 4) is 5.75 Å². The van der Waals surface area contributed by atoms with E-state index in [0.717, 1.165) is 30.8 Å². The molecule has 3 rings (SSSR count). The number of aliphatic hydroxyl groups is 2. The first-order valence-corrected chi connectivity index (χ1v) is 8.41. The fraction of sp³-hybridized carbons (Fsp3) is 0.579. The number of ether oxygens (including phenoxy) is 1. The van der Waals surface area contributed by atoms with Gasteiger partial charge in [0.05, 0.1) is 18.8 Å². The van der Waals surface area contributed by atoms with Crippen molar-refractivity contribution in [2.45, 2.75) is 42.8 Å². The van der Waals surface area contributed by atoms with Crippen molar-refractivity contribution in [1.29, 1.82) is 0 Å². The molecular formula is C19H27NO3. The molecule has 1 saturated heterocycles. The zero-order valence-electron chi connectivity index (χ0n) is 13.9. The lowest BCUT2D eigenvalue weighted by Gasteiger charge is -2.57. The van der Waals surface area contributed by atoms with Gasteiger partial charge in [0.1, 0.15) is 5.75 Å². The highest BCUT2D eigenvalue weighted by Crippen LogP contribution is 2.52. The van der Waals surface area contributed by atoms with Crippen molar-refractivity contribution in [3.63, 3.8) is 0 Å². The van der Waals surface area contributed by atoms with E-state index in [4.69, 9.17) is 4.74 Å². The number of aliphatic hydroxyl groups excluding tert-OH is 1. The van der Waals surface area contributed by atoms with Gasteiger partial charge in [0.25, 0.3) is 0 Å². The lowest BCUT2D eigenvalue weighted by molar-refractivity contribution is -0.140. The fourth-order valence-corrected chi connectivity index (χ4v) is 4.49. The summed E-state index contributed by atoms with van der Waals surface area (Å²) in [6.07, 6.45) is 4.26. The normalized spacial score (nSPS) is 34.7. The summed E-state index contributed by atoms with van der Waals surface area (Å²) in [6, 6.07) is 7.98. The number of fused-ring (bicyclic) bond motifs is 1. The molecule has 0 aromatic heterocycles. The minimum atomic E-state index is -0.820. The maximum atomic E-state index is 11.5. The Morgan fingerprint density at radius 1 is 1.43 bits per heavy atom. The van der Waals surface area contributed by atoms with E-state index >= 15 is 0 Å². The topological polar surface area (TPSA) is 52.9 Å². The van der Waals surface area contributed by atoms with E-state index in [0.29, 0.717) is 25.8 Å². The summed E-state index contributed by atoms with van der Waals surface area (Å²) in [5.41, 5.74) is -0.146. The van der Waals surface area contributed by atoms with Gasteiger partial charge in [-0.25, -0.2) is 0 Å². The standard InChI is InChI=1S/C19H27NO3/c1-3-10-20-11-9-18(15-5-4-6-17(12-15)23-2)13-16(21)7-8-19(18,22)14-20/h3-6,12,16,21-22H,1,7-11,13-14H2,2H3. The van der Waals surface area contributed by atoms with Gasteiger partial charge in [-0.3, -0.25) is 4.90 Å². The smallest absolute Gasteiger partial charge is 0.119 e. The van der Waals surface area contributed by atoms with Crippen LogP contribution in [0.25, 0.3) is 0 Å². The molecule has 2 aliphatic rings. The van der Waals surface area contributed by atoms with E-state index in [1.54, 1.807) is 7.11 Å². The summed E-state index contributed by atoms with van der Waals surface area (Å²) in [6.45, 7) is 6.13. The molecule has 23 heavy (non-hydrogen) atoms. The second-order valence-corrected chi connectivity index (χ2v) is 7.02. The second-order valence-electron chi connectivity index (χ2n) is 7.02. The van der Waals surface area contributed by atoms with E-state index in [2.05, 4.69) is 17.5 Å². The fourth-order valence-electron chi connectivity index (χ4n) is 4.49. The lowest BCUT2D eigenvalue weighted by Crippen LogP contribution is -2.65. The van der Waals surface area contributed by atoms with E-state index < -0.39 is 11.0 Å². The summed E-state index contributed by atoms with van der Waals surface area (Å²) in [4.78, 5) is 2.25. The van der Waals surface area contributed by atoms with Gasteiger partial charge in [-0.05, 0) is 49.9 Å². The SMILES string of the molecule is C=CCN1CCC2(c3cccc(OC)c3)CC(O)CCC2(O)C1. The molecule has 3 unspecified atom stereocenters. The summed E-state index contributed by atoms with van der Waals surface area (Å²) in [7, 11) is 1.66. The van der Waals surface area contributed by atoms with Crippen LogP contribution in [-0.4, -0.2) is 53.6 Å². The van der Waals surface area contributed by atoms with Crippen LogP contribution in [0.4, 0.5) is 0 Å². The molecule has 1 heterocycles. The van der Waals surface area contributed by atoms with Gasteiger partial charge in [-0.2, -0.15) is 0 Å². The van der Waals surface area contributed by atoms with Crippen LogP contribution in [0.3, 0.4) is 0 Å². The van der Waals surface area contributed by atoms with Crippen LogP contribution in [0.1, 0.15) is 31.2 Å². The molecule has 0 bridgehead atoms. The molecule has 1 saturated carbocycles. The molecule has 0 spiro atoms. The zero-order chi connectivity index (χ0) is 16.5. The number of methoxy groups -OCH3 is 1. The molecule has 0 radical (unpaired) electrons. The summed E-state index contributed by atoms with van der Waals surface area (Å²) >= 11 is 0. The minimum Gasteiger partial charge on any atom is -0.497 e. The molecule has 1 aliphatic heterocycles. The van der Waals surface area contributed by atoms with Gasteiger partial charge in [0.2, 0.25) is 0 Å². The largest absolute Gasteiger partial charge is 0.497 e. The van der Waals surface area contributed by atoms with E-state index in [1.165, 1.54) is 0 Å². The zero-order valence-corrected chi connectivity index (χ0v) is 13.9. The van der Waals surface area contributed by atoms with Crippen molar-refractivity contribution in [3.05, 3.63) is 42.5 Å². The number of rotatable bonds is 4. The van der Waals surface area contributed by atoms with Gasteiger partial charge >= 0.3 is 0 Å². The molecule has 1 aromatic carbocycles. The van der Waals surface area contributed by atoms with Crippen LogP contribution < -0.4 is 4.74 Å². The van der Waals surface area contributed by atoms with Crippen LogP contribution in [0.5, 0.6) is 5.75 Å². The maximum absolute atomic E-state index is 11.5. The molecule has 2 fully saturated rings. The Balaban J connectivity index is 2.01. The van der Waals surface area contributed by atoms with Crippen molar-refractivity contribution >= 4 is 0 Å². The Labute approximate surface area is 138 Å². The summed E-state index contributed by atoms with van der Waals surface area (Å²) in [5.74, 6) is 0.799. The van der Waals surface area contributed by atoms with Crippen LogP contribution in [0.2, 0.25) is 0 Å². The van der Waals surface area contributed by atoms with E-state index in [1.807, 2.05) is 24.3 Å². The predicted octanol–water partition coefficient (Wildman–Crippen LogP) is 2.10. The summed E-state index contributed by atoms with van der Waals surface area (Å²) < 4.78 is 5.37. The Bertz CT molecular complexity index is 575. The molecule has 4 heteroatoms. The van der Waals surface area contributed by atoms with Crippen molar-refractivity contribution < 1.29 is 14.9 Å². The molecule has 1 aromatic rings. The lowest BCUT2D eigenvalue weighted by atomic mass is 9.55. The number of β-amino-alcohol motifs (C(OH)–C–C–N with tert-alkyl or cyclic N) is 1. The third-order valence-electron chi connectivity index (χ3n) is 5.72. The first-order valence-electron chi connectivity index (χ1n) is 8.41. The molecule has 126 valence electrons. The number of benzene rings is 1. The first-order chi connectivity index (χ1) is 11.0. The highest BCUT2D eigenvalue weighted by molar-refractivity contribution is 5.38. The molecule has 0 amide bonds. The van der Waals surface area contributed by atoms with Crippen LogP contribution in [0.15, 0.2) is 36.9 Å². The second kappa shape index (κ2) is 6.27. The van der Waals surface area contributed by atoms with E-state index in [9.17, 15) is 10.2 Å². The molecule has 4 nitrogen and oxygen atoms in total. The molecule has 3 atom stereocenters. The monoisotopic (exact) mass is 317 g/mol. The van der Waals surface area contributed by atoms with Crippen molar-refractivity contribution in [2.75, 3.05) is 26.7 Å². The van der Waals surface area contributed by atoms with Crippen LogP contribution in [-0.2, 0) is 5.41 Å². The van der Waals surface area contributed by atoms with Gasteiger partial charge in [-0.15, -0.1) is 6.58 Å². The predicted molar refractivity (Wildman–Crippen MR) is 90.7 cm³/mol. The number of nitrogens with zero attached hydrogens (tertiary/aromatic N) is 1. The average molecular weight is 317 g/mol. The average Bonchev–Trinajstić information content (AvgIpc) is 2.56. The molecular weight excluding hydrogens is 290 g/mol. The third-order valence-corrected chi connectivity index (χ3v) is 5.72. The minimum absolute atomic E-state index is 0.354. The van der Waals surface area contributed by atoms with Crippen molar-refractivity contribution in [1.82, 2.24) is 4.90 Å². The molecule has 1 aliphatic carbocycles. The highest BCUT2D eigenvalue weighted by atomic mass is 16.5. The summed E-state index contributed by atoms with van der Waals surface area (Å²) in [5, 5.41) is 21.9. The molecule has 2 N–H and O–H groups in total. The first kappa shape index (κ1) is 16.5. The number of likely N-dealkylation sites (tertiary alicyclic amines) is 1. The third kappa shape index (κ3) is 2.80. The Hall–Kier alpha value is -1.36. The Morgan fingerprint density at radius 3 is 3.00 bits per heavy atom. The van der Waals surface area contributed by atoms with Crippen molar-refractivity contribution in [2.24, 2.45) is 0 Å². The van der Waals surface area contributed by atoms with Gasteiger partial charge in [0.15, 0.2) is 0 Å². The van der Waals surface area contributed by atoms with Crippen LogP contribution in [0, 0.1) is 0 Å². The van der Waals surface area contributed by atoms with Gasteiger partial charge < -0.3 is 14.9 Å². The van der Waals surface area contributed by atoms with Gasteiger partial charge in [-0.1, -0.05) is 18.2 Å². The maximum Gasteiger partial charge on any atom is 0.119 e.